The molecule has 1 aromatic rings. The van der Waals surface area contributed by atoms with E-state index in [4.69, 9.17) is 16.3 Å². The number of nitrogens with zero attached hydrogens (tertiary/aromatic N) is 2. The number of hydrogen-bond acceptors (Lipinski definition) is 4. The lowest BCUT2D eigenvalue weighted by Crippen LogP contribution is -2.63. The summed E-state index contributed by atoms with van der Waals surface area (Å²) in [5.41, 5.74) is 1.71. The Bertz CT molecular complexity index is 603. The highest BCUT2D eigenvalue weighted by Gasteiger charge is 2.60. The summed E-state index contributed by atoms with van der Waals surface area (Å²) in [6, 6.07) is 2.09. The van der Waals surface area contributed by atoms with Crippen LogP contribution >= 0.6 is 11.6 Å². The van der Waals surface area contributed by atoms with Gasteiger partial charge in [0.15, 0.2) is 10.9 Å². The quantitative estimate of drug-likeness (QED) is 0.608. The van der Waals surface area contributed by atoms with Crippen molar-refractivity contribution in [1.29, 1.82) is 0 Å². The summed E-state index contributed by atoms with van der Waals surface area (Å²) in [4.78, 5) is 4.43. The number of fused-ring (bicyclic) bond motifs is 2. The highest BCUT2D eigenvalue weighted by Crippen LogP contribution is 2.53. The summed E-state index contributed by atoms with van der Waals surface area (Å²) in [6.45, 7) is 11.5. The average molecular weight is 343 g/mol. The van der Waals surface area contributed by atoms with E-state index in [0.29, 0.717) is 23.4 Å². The predicted octanol–water partition coefficient (Wildman–Crippen LogP) is 3.61. The second kappa shape index (κ2) is 5.26. The number of hydrogen-bond donors (Lipinski definition) is 0. The largest absolute Gasteiger partial charge is 0.597 e. The average Bonchev–Trinajstić information content (AvgIpc) is 2.78. The highest BCUT2D eigenvalue weighted by molar-refractivity contribution is 7.90. The van der Waals surface area contributed by atoms with E-state index in [2.05, 4.69) is 29.2 Å². The zero-order valence-corrected chi connectivity index (χ0v) is 15.3. The van der Waals surface area contributed by atoms with Gasteiger partial charge in [-0.05, 0) is 39.2 Å². The molecule has 1 aromatic heterocycles. The van der Waals surface area contributed by atoms with Gasteiger partial charge in [-0.2, -0.15) is 0 Å². The molecule has 2 aliphatic heterocycles. The minimum absolute atomic E-state index is 0.284. The van der Waals surface area contributed by atoms with Gasteiger partial charge in [-0.3, -0.25) is 0 Å². The lowest BCUT2D eigenvalue weighted by atomic mass is 9.82. The van der Waals surface area contributed by atoms with Crippen LogP contribution in [0.3, 0.4) is 0 Å². The van der Waals surface area contributed by atoms with Gasteiger partial charge in [0, 0.05) is 29.2 Å². The summed E-state index contributed by atoms with van der Waals surface area (Å²) in [7, 11) is 0. The van der Waals surface area contributed by atoms with Crippen molar-refractivity contribution in [2.24, 2.45) is 0 Å². The molecule has 2 atom stereocenters. The van der Waals surface area contributed by atoms with E-state index in [1.54, 1.807) is 0 Å². The van der Waals surface area contributed by atoms with Crippen LogP contribution in [0.1, 0.15) is 58.2 Å². The van der Waals surface area contributed by atoms with Crippen LogP contribution in [0.15, 0.2) is 6.07 Å². The third kappa shape index (κ3) is 2.33. The number of aromatic nitrogens is 1. The van der Waals surface area contributed by atoms with Gasteiger partial charge in [0.05, 0.1) is 0 Å². The fraction of sp³-hybridized carbons (Fsp3) is 0.688. The minimum Gasteiger partial charge on any atom is -0.597 e. The van der Waals surface area contributed by atoms with Gasteiger partial charge in [0.25, 0.3) is 0 Å². The summed E-state index contributed by atoms with van der Waals surface area (Å²) in [5, 5.41) is 0.423. The molecule has 0 radical (unpaired) electrons. The van der Waals surface area contributed by atoms with Gasteiger partial charge in [-0.25, -0.2) is 4.98 Å². The minimum atomic E-state index is -1.07. The first-order valence-electron chi connectivity index (χ1n) is 7.70. The monoisotopic (exact) mass is 342 g/mol. The Morgan fingerprint density at radius 1 is 1.45 bits per heavy atom. The molecule has 3 heterocycles. The van der Waals surface area contributed by atoms with E-state index in [1.165, 1.54) is 0 Å². The maximum atomic E-state index is 12.9. The molecule has 122 valence electrons. The second-order valence-electron chi connectivity index (χ2n) is 7.40. The molecule has 6 heteroatoms. The van der Waals surface area contributed by atoms with Crippen LogP contribution in [0.2, 0.25) is 5.15 Å². The summed E-state index contributed by atoms with van der Waals surface area (Å²) in [5.74, 6) is 0.962. The fourth-order valence-corrected chi connectivity index (χ4v) is 4.76. The topological polar surface area (TPSA) is 48.4 Å². The van der Waals surface area contributed by atoms with Crippen molar-refractivity contribution in [2.45, 2.75) is 57.2 Å². The first-order valence-corrected chi connectivity index (χ1v) is 9.18. The summed E-state index contributed by atoms with van der Waals surface area (Å²) < 4.78 is 20.5. The van der Waals surface area contributed by atoms with Gasteiger partial charge < -0.3 is 9.29 Å². The van der Waals surface area contributed by atoms with E-state index in [1.807, 2.05) is 20.8 Å². The molecular weight excluding hydrogens is 320 g/mol. The molecule has 0 aliphatic carbocycles. The standard InChI is InChI=1S/C16H23ClN2O2S/c1-10(2)12-8-11-13(14(17)18-12)21-9-16(11)6-7-19(16)22(20)15(3,4)5/h8,10H,6-7,9H2,1-5H3. The van der Waals surface area contributed by atoms with Crippen molar-refractivity contribution in [3.63, 3.8) is 0 Å². The number of pyridine rings is 1. The Hall–Kier alpha value is -0.490. The van der Waals surface area contributed by atoms with Crippen LogP contribution in [-0.2, 0) is 16.9 Å². The Labute approximate surface area is 140 Å². The van der Waals surface area contributed by atoms with Gasteiger partial charge >= 0.3 is 0 Å². The van der Waals surface area contributed by atoms with Crippen LogP contribution in [0, 0.1) is 0 Å². The van der Waals surface area contributed by atoms with Crippen molar-refractivity contribution >= 4 is 23.0 Å². The van der Waals surface area contributed by atoms with E-state index < -0.39 is 11.4 Å². The molecule has 1 spiro atoms. The highest BCUT2D eigenvalue weighted by atomic mass is 35.5. The number of ether oxygens (including phenoxy) is 1. The van der Waals surface area contributed by atoms with Crippen molar-refractivity contribution < 1.29 is 9.29 Å². The molecule has 3 rings (SSSR count). The third-order valence-electron chi connectivity index (χ3n) is 4.43. The smallest absolute Gasteiger partial charge is 0.171 e. The molecule has 1 fully saturated rings. The molecular formula is C16H23ClN2O2S. The molecule has 4 nitrogen and oxygen atoms in total. The predicted molar refractivity (Wildman–Crippen MR) is 89.7 cm³/mol. The Kier molecular flexibility index (Phi) is 3.92. The van der Waals surface area contributed by atoms with Gasteiger partial charge in [0.1, 0.15) is 16.9 Å². The van der Waals surface area contributed by atoms with Gasteiger partial charge in [0.2, 0.25) is 0 Å². The van der Waals surface area contributed by atoms with Crippen molar-refractivity contribution in [3.05, 3.63) is 22.5 Å². The lowest BCUT2D eigenvalue weighted by Gasteiger charge is -2.50. The normalized spacial score (nSPS) is 26.0. The number of halogens is 1. The molecule has 0 aromatic carbocycles. The summed E-state index contributed by atoms with van der Waals surface area (Å²) in [6.07, 6.45) is 0.944. The van der Waals surface area contributed by atoms with Crippen LogP contribution in [0.25, 0.3) is 0 Å². The van der Waals surface area contributed by atoms with Crippen LogP contribution in [0.5, 0.6) is 5.75 Å². The van der Waals surface area contributed by atoms with E-state index in [-0.39, 0.29) is 10.3 Å². The van der Waals surface area contributed by atoms with Gasteiger partial charge in [-0.15, -0.1) is 4.31 Å². The molecule has 0 amide bonds. The second-order valence-corrected chi connectivity index (χ2v) is 9.93. The summed E-state index contributed by atoms with van der Waals surface area (Å²) >= 11 is 5.25. The zero-order chi connectivity index (χ0) is 16.3. The van der Waals surface area contributed by atoms with Gasteiger partial charge in [-0.1, -0.05) is 25.4 Å². The Morgan fingerprint density at radius 2 is 2.14 bits per heavy atom. The van der Waals surface area contributed by atoms with Crippen molar-refractivity contribution in [3.8, 4) is 5.75 Å². The molecule has 0 saturated carbocycles. The maximum Gasteiger partial charge on any atom is 0.171 e. The zero-order valence-electron chi connectivity index (χ0n) is 13.8. The third-order valence-corrected chi connectivity index (χ3v) is 6.67. The Morgan fingerprint density at radius 3 is 2.64 bits per heavy atom. The van der Waals surface area contributed by atoms with Crippen LogP contribution in [0.4, 0.5) is 0 Å². The first kappa shape index (κ1) is 16.4. The van der Waals surface area contributed by atoms with Crippen molar-refractivity contribution in [1.82, 2.24) is 9.29 Å². The fourth-order valence-electron chi connectivity index (χ4n) is 3.03. The van der Waals surface area contributed by atoms with Crippen molar-refractivity contribution in [2.75, 3.05) is 13.2 Å². The van der Waals surface area contributed by atoms with Crippen LogP contribution in [-0.4, -0.2) is 31.7 Å². The van der Waals surface area contributed by atoms with E-state index in [9.17, 15) is 4.55 Å². The Balaban J connectivity index is 2.03. The molecule has 0 bridgehead atoms. The molecule has 0 N–H and O–H groups in total. The first-order chi connectivity index (χ1) is 10.2. The number of rotatable bonds is 2. The van der Waals surface area contributed by atoms with E-state index in [0.717, 1.165) is 24.2 Å². The van der Waals surface area contributed by atoms with Crippen LogP contribution < -0.4 is 4.74 Å². The lowest BCUT2D eigenvalue weighted by molar-refractivity contribution is 0.0432. The van der Waals surface area contributed by atoms with E-state index >= 15 is 0 Å². The maximum absolute atomic E-state index is 12.9. The molecule has 1 saturated heterocycles. The molecule has 22 heavy (non-hydrogen) atoms. The molecule has 2 aliphatic rings. The SMILES string of the molecule is CC(C)c1cc2c(c(Cl)n1)OCC21CCN1[S+]([O-])C(C)(C)C. The molecule has 2 unspecified atom stereocenters.